The molecule has 14 nitrogen and oxygen atoms in total. The number of anilines is 1. The van der Waals surface area contributed by atoms with Crippen LogP contribution >= 0.6 is 11.6 Å². The number of hydrazine groups is 1. The normalized spacial score (nSPS) is 18.7. The fourth-order valence-corrected chi connectivity index (χ4v) is 8.28. The molecule has 2 unspecified atom stereocenters. The number of halogens is 1. The molecule has 2 atom stereocenters. The van der Waals surface area contributed by atoms with E-state index >= 15 is 0 Å². The summed E-state index contributed by atoms with van der Waals surface area (Å²) in [4.78, 5) is 28.4. The van der Waals surface area contributed by atoms with E-state index < -0.39 is 0 Å². The number of hydrogen-bond donors (Lipinski definition) is 6. The average Bonchev–Trinajstić information content (AvgIpc) is 4.07. The number of aliphatic hydroxyl groups excluding tert-OH is 3. The minimum Gasteiger partial charge on any atom is -0.390 e. The topological polar surface area (TPSA) is 183 Å². The molecule has 1 amide bonds. The van der Waals surface area contributed by atoms with Crippen molar-refractivity contribution >= 4 is 34.4 Å². The molecular weight excluding hydrogens is 1060 g/mol. The van der Waals surface area contributed by atoms with Gasteiger partial charge in [-0.1, -0.05) is 129 Å². The number of fused-ring (bicyclic) bond motifs is 1. The Morgan fingerprint density at radius 3 is 1.70 bits per heavy atom. The van der Waals surface area contributed by atoms with Gasteiger partial charge in [-0.2, -0.15) is 0 Å². The number of hydrogen-bond acceptors (Lipinski definition) is 12. The van der Waals surface area contributed by atoms with E-state index in [2.05, 4.69) is 103 Å². The molecule has 6 aromatic rings. The summed E-state index contributed by atoms with van der Waals surface area (Å²) in [6.07, 6.45) is 5.12. The van der Waals surface area contributed by atoms with Gasteiger partial charge in [0, 0.05) is 86.7 Å². The number of carbonyl (C=O) groups excluding carboxylic acids is 1. The Labute approximate surface area is 428 Å². The standard InChI is InChI=1S/C16H22N6O2.C16H17NO.C13H13N.C3H5ClO.C3H7NO.CH4.CH3.W/c1-20(15-13-4-5-17-14(13)18-10-19-15)22-6-2-3-11(7-22)16(24)21-8-12(23)9-21;18-15-11-17(12-15)16(13-7-3-1-4-8-13)14-9-5-2-6-10-14;14-13(11-7-3-1-4-8-11)12-9-5-2-6-10-12;4-1-3-2-5-3;5-3-1-4-2-3;;;/h4-5,10-12,23H,2-3,6-9H2,1H3,(H,17,18,19);1-10,15-16,18H,11-12H2;1-10,13H,14H2;3H,1-2H2;3-5H,1-2H2;1H4;1H3;/q;;;;;;-1;. The third kappa shape index (κ3) is 16.5. The maximum absolute atomic E-state index is 12.5. The second kappa shape index (κ2) is 28.9. The number of aromatic nitrogens is 3. The molecule has 2 aromatic heterocycles. The summed E-state index contributed by atoms with van der Waals surface area (Å²) >= 11 is 5.27. The van der Waals surface area contributed by atoms with Crippen LogP contribution in [-0.4, -0.2) is 147 Å². The Kier molecular flexibility index (Phi) is 23.9. The van der Waals surface area contributed by atoms with Gasteiger partial charge in [0.1, 0.15) is 12.0 Å². The van der Waals surface area contributed by atoms with Crippen molar-refractivity contribution in [2.24, 2.45) is 11.7 Å². The van der Waals surface area contributed by atoms with Crippen LogP contribution in [0.3, 0.4) is 0 Å². The number of carbonyl (C=O) groups is 1. The van der Waals surface area contributed by atoms with Crippen LogP contribution in [-0.2, 0) is 30.6 Å². The van der Waals surface area contributed by atoms with Crippen LogP contribution < -0.4 is 16.1 Å². The third-order valence-electron chi connectivity index (χ3n) is 12.1. The predicted molar refractivity (Wildman–Crippen MR) is 273 cm³/mol. The number of rotatable bonds is 9. The van der Waals surface area contributed by atoms with Crippen LogP contribution in [0, 0.1) is 13.3 Å². The van der Waals surface area contributed by atoms with Gasteiger partial charge in [-0.3, -0.25) is 14.7 Å². The van der Waals surface area contributed by atoms with E-state index in [1.165, 1.54) is 11.1 Å². The van der Waals surface area contributed by atoms with Gasteiger partial charge in [0.2, 0.25) is 5.91 Å². The van der Waals surface area contributed by atoms with Crippen molar-refractivity contribution in [3.05, 3.63) is 170 Å². The number of β-amino-alcohol motifs (C(OH)–C–C–N with tert-alkyl or cyclic N) is 3. The first-order valence-corrected chi connectivity index (χ1v) is 23.4. The molecule has 5 aliphatic rings. The Morgan fingerprint density at radius 1 is 0.783 bits per heavy atom. The largest absolute Gasteiger partial charge is 0.390 e. The number of benzene rings is 4. The van der Waals surface area contributed by atoms with Crippen LogP contribution in [0.1, 0.15) is 54.6 Å². The van der Waals surface area contributed by atoms with Crippen molar-refractivity contribution in [1.29, 1.82) is 0 Å². The number of aliphatic hydroxyl groups is 3. The number of piperidine rings is 1. The molecule has 7 heterocycles. The van der Waals surface area contributed by atoms with Crippen molar-refractivity contribution in [2.75, 3.05) is 76.9 Å². The zero-order chi connectivity index (χ0) is 46.3. The van der Waals surface area contributed by atoms with Crippen molar-refractivity contribution in [1.82, 2.24) is 35.1 Å². The second-order valence-corrected chi connectivity index (χ2v) is 17.5. The van der Waals surface area contributed by atoms with Gasteiger partial charge in [0.25, 0.3) is 0 Å². The number of alkyl halides is 1. The molecule has 0 spiro atoms. The Bertz CT molecular complexity index is 2240. The van der Waals surface area contributed by atoms with E-state index in [9.17, 15) is 15.0 Å². The summed E-state index contributed by atoms with van der Waals surface area (Å²) in [5.41, 5.74) is 11.8. The molecular formula is C53H71ClN9O5W-. The van der Waals surface area contributed by atoms with Gasteiger partial charge in [-0.15, -0.1) is 11.6 Å². The molecule has 0 aliphatic carbocycles. The summed E-state index contributed by atoms with van der Waals surface area (Å²) in [5.74, 6) is 1.65. The van der Waals surface area contributed by atoms with Crippen LogP contribution in [0.15, 0.2) is 140 Å². The van der Waals surface area contributed by atoms with Gasteiger partial charge in [-0.05, 0) is 41.2 Å². The zero-order valence-corrected chi connectivity index (χ0v) is 42.7. The number of H-pyrrole nitrogens is 1. The van der Waals surface area contributed by atoms with Gasteiger partial charge in [0.05, 0.1) is 60.3 Å². The van der Waals surface area contributed by atoms with Crippen molar-refractivity contribution in [3.8, 4) is 0 Å². The Morgan fingerprint density at radius 2 is 1.28 bits per heavy atom. The smallest absolute Gasteiger partial charge is 0.227 e. The van der Waals surface area contributed by atoms with Crippen molar-refractivity contribution < 1.29 is 45.9 Å². The fourth-order valence-electron chi connectivity index (χ4n) is 8.10. The molecule has 16 heteroatoms. The number of nitrogens with two attached hydrogens (primary N) is 1. The second-order valence-electron chi connectivity index (χ2n) is 17.2. The maximum Gasteiger partial charge on any atom is 0.227 e. The molecule has 4 aromatic carbocycles. The number of likely N-dealkylation sites (tertiary alicyclic amines) is 2. The number of epoxide rings is 1. The van der Waals surface area contributed by atoms with Crippen molar-refractivity contribution in [2.45, 2.75) is 56.8 Å². The first-order chi connectivity index (χ1) is 32.2. The first kappa shape index (κ1) is 57.0. The molecule has 7 N–H and O–H groups in total. The first-order valence-electron chi connectivity index (χ1n) is 22.9. The van der Waals surface area contributed by atoms with Crippen LogP contribution in [0.2, 0.25) is 0 Å². The van der Waals surface area contributed by atoms with E-state index in [0.29, 0.717) is 31.6 Å². The molecule has 0 radical (unpaired) electrons. The number of ether oxygens (including phenoxy) is 1. The SMILES string of the molecule is C.CN(c1ncnc2[nH]ccc12)N1CCCC(C(=O)N2CC(O)C2)C1.ClCC1CO1.NC(c1ccccc1)c1ccccc1.OC1CN(C(c2ccccc2)c2ccccc2)C1.OC1CNC1.[CH3-].[W]. The summed E-state index contributed by atoms with van der Waals surface area (Å²) in [6.45, 7) is 6.51. The summed E-state index contributed by atoms with van der Waals surface area (Å²) in [7, 11) is 1.98. The molecule has 0 bridgehead atoms. The summed E-state index contributed by atoms with van der Waals surface area (Å²) < 4.78 is 4.73. The number of nitrogens with one attached hydrogen (secondary N) is 2. The molecule has 0 saturated carbocycles. The summed E-state index contributed by atoms with van der Waals surface area (Å²) in [6, 6.07) is 43.5. The summed E-state index contributed by atoms with van der Waals surface area (Å²) in [5, 5.41) is 35.4. The minimum absolute atomic E-state index is 0. The van der Waals surface area contributed by atoms with Gasteiger partial charge in [-0.25, -0.2) is 15.0 Å². The van der Waals surface area contributed by atoms with Gasteiger partial charge in [0.15, 0.2) is 5.82 Å². The Hall–Kier alpha value is -4.57. The molecule has 11 rings (SSSR count). The van der Waals surface area contributed by atoms with Crippen molar-refractivity contribution in [3.63, 3.8) is 0 Å². The predicted octanol–water partition coefficient (Wildman–Crippen LogP) is 6.07. The quantitative estimate of drug-likeness (QED) is 0.0560. The molecule has 5 saturated heterocycles. The fraction of sp³-hybridized carbons (Fsp3) is 0.396. The number of nitrogens with zero attached hydrogens (tertiary/aromatic N) is 6. The molecule has 69 heavy (non-hydrogen) atoms. The van der Waals surface area contributed by atoms with E-state index in [1.54, 1.807) is 11.2 Å². The monoisotopic (exact) mass is 1130 g/mol. The molecule has 5 fully saturated rings. The van der Waals surface area contributed by atoms with Crippen LogP contribution in [0.25, 0.3) is 11.0 Å². The Balaban J connectivity index is 0.000000205. The average molecular weight is 1130 g/mol. The van der Waals surface area contributed by atoms with E-state index in [1.807, 2.05) is 72.9 Å². The van der Waals surface area contributed by atoms with Crippen LogP contribution in [0.5, 0.6) is 0 Å². The van der Waals surface area contributed by atoms with E-state index in [4.69, 9.17) is 27.2 Å². The number of aromatic amines is 1. The minimum atomic E-state index is -0.348. The zero-order valence-electron chi connectivity index (χ0n) is 39.0. The van der Waals surface area contributed by atoms with E-state index in [0.717, 1.165) is 80.2 Å². The van der Waals surface area contributed by atoms with Crippen LogP contribution in [0.4, 0.5) is 5.82 Å². The molecule has 5 aliphatic heterocycles. The number of amides is 1. The maximum atomic E-state index is 12.5. The van der Waals surface area contributed by atoms with Gasteiger partial charge < -0.3 is 48.4 Å². The third-order valence-corrected chi connectivity index (χ3v) is 12.5. The molecule has 372 valence electrons. The van der Waals surface area contributed by atoms with Gasteiger partial charge >= 0.3 is 0 Å². The van der Waals surface area contributed by atoms with E-state index in [-0.39, 0.29) is 78.1 Å².